The molecule has 10 heteroatoms. The third-order valence-corrected chi connectivity index (χ3v) is 5.11. The van der Waals surface area contributed by atoms with Crippen LogP contribution in [0, 0.1) is 5.82 Å². The fraction of sp³-hybridized carbons (Fsp3) is 0.600. The van der Waals surface area contributed by atoms with Crippen molar-refractivity contribution in [3.05, 3.63) is 35.6 Å². The van der Waals surface area contributed by atoms with Crippen molar-refractivity contribution in [2.75, 3.05) is 0 Å². The van der Waals surface area contributed by atoms with E-state index in [2.05, 4.69) is 0 Å². The standard InChI is InChI=1S/C15H19F6NO2S/c1-13(2,3)25(24)22-14(12(17)18,8-11(23)15(19,20)21)9-6-4-5-7-10(9)16/h4-7,11-12,22-23H,8H2,1-3H3/t11-,14+,25+/m1/s1. The van der Waals surface area contributed by atoms with Gasteiger partial charge in [0.1, 0.15) is 11.4 Å². The van der Waals surface area contributed by atoms with E-state index in [1.807, 2.05) is 4.72 Å². The molecule has 0 spiro atoms. The first kappa shape index (κ1) is 21.9. The van der Waals surface area contributed by atoms with Crippen LogP contribution in [0.2, 0.25) is 0 Å². The van der Waals surface area contributed by atoms with E-state index in [4.69, 9.17) is 0 Å². The van der Waals surface area contributed by atoms with Gasteiger partial charge in [-0.05, 0) is 26.8 Å². The van der Waals surface area contributed by atoms with Gasteiger partial charge in [-0.3, -0.25) is 0 Å². The molecule has 1 aromatic carbocycles. The highest BCUT2D eigenvalue weighted by Crippen LogP contribution is 2.39. The average Bonchev–Trinajstić information content (AvgIpc) is 2.44. The molecule has 0 amide bonds. The van der Waals surface area contributed by atoms with Gasteiger partial charge in [-0.1, -0.05) is 18.2 Å². The zero-order chi connectivity index (χ0) is 19.6. The summed E-state index contributed by atoms with van der Waals surface area (Å²) in [5, 5.41) is 9.32. The van der Waals surface area contributed by atoms with E-state index in [-0.39, 0.29) is 0 Å². The minimum absolute atomic E-state index is 0.800. The molecular weight excluding hydrogens is 372 g/mol. The van der Waals surface area contributed by atoms with Crippen molar-refractivity contribution in [1.29, 1.82) is 0 Å². The maximum atomic E-state index is 14.1. The predicted octanol–water partition coefficient (Wildman–Crippen LogP) is 3.65. The van der Waals surface area contributed by atoms with Gasteiger partial charge in [0.05, 0.1) is 15.7 Å². The second-order valence-electron chi connectivity index (χ2n) is 6.50. The summed E-state index contributed by atoms with van der Waals surface area (Å²) in [6, 6.07) is 4.01. The average molecular weight is 391 g/mol. The molecule has 3 atom stereocenters. The molecule has 0 bridgehead atoms. The molecule has 1 rings (SSSR count). The van der Waals surface area contributed by atoms with E-state index >= 15 is 0 Å². The highest BCUT2D eigenvalue weighted by molar-refractivity contribution is 7.84. The van der Waals surface area contributed by atoms with Crippen LogP contribution in [0.5, 0.6) is 0 Å². The summed E-state index contributed by atoms with van der Waals surface area (Å²) in [6.45, 7) is 4.23. The third kappa shape index (κ3) is 5.18. The molecule has 0 radical (unpaired) electrons. The number of hydrogen-bond acceptors (Lipinski definition) is 2. The van der Waals surface area contributed by atoms with E-state index < -0.39 is 57.8 Å². The van der Waals surface area contributed by atoms with Crippen LogP contribution in [-0.2, 0) is 16.5 Å². The van der Waals surface area contributed by atoms with Crippen molar-refractivity contribution in [1.82, 2.24) is 4.72 Å². The first-order valence-electron chi connectivity index (χ1n) is 7.19. The summed E-state index contributed by atoms with van der Waals surface area (Å²) in [4.78, 5) is 0. The van der Waals surface area contributed by atoms with Crippen LogP contribution in [0.1, 0.15) is 32.8 Å². The Morgan fingerprint density at radius 1 is 1.16 bits per heavy atom. The first-order chi connectivity index (χ1) is 11.2. The first-order valence-corrected chi connectivity index (χ1v) is 8.34. The van der Waals surface area contributed by atoms with E-state index in [1.54, 1.807) is 0 Å². The third-order valence-electron chi connectivity index (χ3n) is 3.45. The topological polar surface area (TPSA) is 49.3 Å². The normalized spacial score (nSPS) is 18.0. The SMILES string of the molecule is CC(C)(C)[S@](=O)N[C@@](C[C@@H](O)C(F)(F)F)(c1ccccc1F)C(F)F. The molecule has 0 aliphatic carbocycles. The summed E-state index contributed by atoms with van der Waals surface area (Å²) in [5.41, 5.74) is -3.79. The molecule has 0 saturated heterocycles. The van der Waals surface area contributed by atoms with E-state index in [9.17, 15) is 35.7 Å². The molecule has 144 valence electrons. The fourth-order valence-corrected chi connectivity index (χ4v) is 2.94. The number of aliphatic hydroxyl groups excluding tert-OH is 1. The zero-order valence-electron chi connectivity index (χ0n) is 13.7. The highest BCUT2D eigenvalue weighted by Gasteiger charge is 2.52. The number of benzene rings is 1. The van der Waals surface area contributed by atoms with Crippen LogP contribution in [0.3, 0.4) is 0 Å². The number of hydrogen-bond donors (Lipinski definition) is 2. The lowest BCUT2D eigenvalue weighted by Gasteiger charge is -2.38. The van der Waals surface area contributed by atoms with E-state index in [0.717, 1.165) is 18.2 Å². The molecule has 1 aromatic rings. The Balaban J connectivity index is 3.51. The van der Waals surface area contributed by atoms with Gasteiger partial charge in [0.2, 0.25) is 0 Å². The second-order valence-corrected chi connectivity index (χ2v) is 8.46. The number of rotatable bonds is 6. The molecule has 2 N–H and O–H groups in total. The van der Waals surface area contributed by atoms with Crippen LogP contribution in [0.25, 0.3) is 0 Å². The van der Waals surface area contributed by atoms with Crippen molar-refractivity contribution < 1.29 is 35.7 Å². The molecular formula is C15H19F6NO2S. The maximum Gasteiger partial charge on any atom is 0.414 e. The van der Waals surface area contributed by atoms with Gasteiger partial charge in [0.25, 0.3) is 6.43 Å². The van der Waals surface area contributed by atoms with Gasteiger partial charge in [-0.2, -0.15) is 13.2 Å². The van der Waals surface area contributed by atoms with Gasteiger partial charge in [0.15, 0.2) is 6.10 Å². The Labute approximate surface area is 144 Å². The summed E-state index contributed by atoms with van der Waals surface area (Å²) >= 11 is 0. The van der Waals surface area contributed by atoms with Gasteiger partial charge in [-0.15, -0.1) is 0 Å². The minimum Gasteiger partial charge on any atom is -0.384 e. The van der Waals surface area contributed by atoms with Crippen molar-refractivity contribution in [2.24, 2.45) is 0 Å². The largest absolute Gasteiger partial charge is 0.414 e. The van der Waals surface area contributed by atoms with Crippen molar-refractivity contribution >= 4 is 11.0 Å². The van der Waals surface area contributed by atoms with Crippen LogP contribution >= 0.6 is 0 Å². The van der Waals surface area contributed by atoms with Crippen LogP contribution < -0.4 is 4.72 Å². The second kappa shape index (κ2) is 7.63. The van der Waals surface area contributed by atoms with Crippen molar-refractivity contribution in [2.45, 2.75) is 56.2 Å². The summed E-state index contributed by atoms with van der Waals surface area (Å²) in [7, 11) is -2.25. The maximum absolute atomic E-state index is 14.1. The smallest absolute Gasteiger partial charge is 0.384 e. The quantitative estimate of drug-likeness (QED) is 0.728. The molecule has 0 aliphatic rings. The van der Waals surface area contributed by atoms with Gasteiger partial charge in [0, 0.05) is 12.0 Å². The summed E-state index contributed by atoms with van der Waals surface area (Å²) in [5.74, 6) is -1.20. The molecule has 0 unspecified atom stereocenters. The lowest BCUT2D eigenvalue weighted by atomic mass is 9.85. The number of aliphatic hydroxyl groups is 1. The van der Waals surface area contributed by atoms with Gasteiger partial charge >= 0.3 is 6.18 Å². The Bertz CT molecular complexity index is 617. The summed E-state index contributed by atoms with van der Waals surface area (Å²) in [6.07, 6.45) is -13.5. The van der Waals surface area contributed by atoms with Gasteiger partial charge < -0.3 is 5.11 Å². The molecule has 0 aromatic heterocycles. The zero-order valence-corrected chi connectivity index (χ0v) is 14.5. The van der Waals surface area contributed by atoms with Crippen LogP contribution in [0.15, 0.2) is 24.3 Å². The van der Waals surface area contributed by atoms with E-state index in [0.29, 0.717) is 0 Å². The molecule has 0 aliphatic heterocycles. The molecule has 0 heterocycles. The number of alkyl halides is 5. The highest BCUT2D eigenvalue weighted by atomic mass is 32.2. The van der Waals surface area contributed by atoms with Crippen molar-refractivity contribution in [3.63, 3.8) is 0 Å². The monoisotopic (exact) mass is 391 g/mol. The Morgan fingerprint density at radius 2 is 1.68 bits per heavy atom. The Hall–Kier alpha value is -1.13. The minimum atomic E-state index is -5.20. The van der Waals surface area contributed by atoms with Crippen LogP contribution in [-0.4, -0.2) is 32.8 Å². The van der Waals surface area contributed by atoms with Crippen molar-refractivity contribution in [3.8, 4) is 0 Å². The molecule has 25 heavy (non-hydrogen) atoms. The van der Waals surface area contributed by atoms with Crippen LogP contribution in [0.4, 0.5) is 26.3 Å². The molecule has 0 saturated carbocycles. The fourth-order valence-electron chi connectivity index (χ4n) is 2.02. The Kier molecular flexibility index (Phi) is 6.69. The lowest BCUT2D eigenvalue weighted by molar-refractivity contribution is -0.213. The lowest BCUT2D eigenvalue weighted by Crippen LogP contribution is -2.56. The Morgan fingerprint density at radius 3 is 2.08 bits per heavy atom. The summed E-state index contributed by atoms with van der Waals surface area (Å²) < 4.78 is 93.2. The predicted molar refractivity (Wildman–Crippen MR) is 81.8 cm³/mol. The van der Waals surface area contributed by atoms with E-state index in [1.165, 1.54) is 26.8 Å². The molecule has 3 nitrogen and oxygen atoms in total. The number of halogens is 6. The molecule has 0 fully saturated rings. The number of nitrogens with one attached hydrogen (secondary N) is 1. The van der Waals surface area contributed by atoms with Gasteiger partial charge in [-0.25, -0.2) is 22.1 Å².